The average molecular weight is 584 g/mol. The Kier molecular flexibility index (Phi) is 6.41. The van der Waals surface area contributed by atoms with Gasteiger partial charge in [0.15, 0.2) is 0 Å². The summed E-state index contributed by atoms with van der Waals surface area (Å²) in [6.45, 7) is 0. The number of benzene rings is 4. The van der Waals surface area contributed by atoms with Crippen LogP contribution in [0.4, 0.5) is 0 Å². The maximum atomic E-state index is 13.0. The number of carbonyl (C=O) groups excluding carboxylic acids is 1. The summed E-state index contributed by atoms with van der Waals surface area (Å²) in [5.74, 6) is 5.15. The molecule has 0 aliphatic rings. The third-order valence-corrected chi connectivity index (χ3v) is 20.2. The van der Waals surface area contributed by atoms with Gasteiger partial charge in [-0.15, -0.1) is 0 Å². The summed E-state index contributed by atoms with van der Waals surface area (Å²) >= 11 is -4.26. The number of carbonyl (C=O) groups is 1. The van der Waals surface area contributed by atoms with E-state index in [0.717, 1.165) is 14.9 Å². The predicted octanol–water partition coefficient (Wildman–Crippen LogP) is 3.25. The fourth-order valence-corrected chi connectivity index (χ4v) is 17.8. The number of hydrogen-bond acceptors (Lipinski definition) is 2. The molecule has 0 unspecified atom stereocenters. The van der Waals surface area contributed by atoms with Crippen LogP contribution >= 0.6 is 0 Å². The van der Waals surface area contributed by atoms with Gasteiger partial charge in [-0.25, -0.2) is 0 Å². The van der Waals surface area contributed by atoms with Crippen molar-refractivity contribution in [2.24, 2.45) is 0 Å². The van der Waals surface area contributed by atoms with Gasteiger partial charge in [-0.2, -0.15) is 0 Å². The van der Waals surface area contributed by atoms with E-state index in [4.69, 9.17) is 2.69 Å². The molecule has 0 aliphatic heterocycles. The second-order valence-electron chi connectivity index (χ2n) is 6.78. The standard InChI is InChI=1S/C9H6O2.3C6H5.Pb/c10-9(11)7-6-8-4-2-1-3-5-8;3*1-2-4-6-5-3-1;/h1-5H,(H,10,11);3*1-5H;/q;;;;+1/p-1. The molecule has 0 atom stereocenters. The van der Waals surface area contributed by atoms with Crippen molar-refractivity contribution in [2.75, 3.05) is 0 Å². The predicted molar refractivity (Wildman–Crippen MR) is 123 cm³/mol. The molecule has 0 heterocycles. The molecule has 3 heteroatoms. The van der Waals surface area contributed by atoms with Crippen LogP contribution in [0.2, 0.25) is 0 Å². The zero-order valence-electron chi connectivity index (χ0n) is 16.4. The Bertz CT molecular complexity index is 1070. The molecule has 0 radical (unpaired) electrons. The monoisotopic (exact) mass is 584 g/mol. The molecule has 0 aliphatic carbocycles. The van der Waals surface area contributed by atoms with E-state index in [0.29, 0.717) is 0 Å². The van der Waals surface area contributed by atoms with E-state index in [1.807, 2.05) is 84.9 Å². The SMILES string of the molecule is O=C(C#Cc1ccccc1)[O][Pb]([c]1ccccc1)([c]1ccccc1)[c]1ccccc1. The summed E-state index contributed by atoms with van der Waals surface area (Å²) in [6.07, 6.45) is 0. The molecule has 30 heavy (non-hydrogen) atoms. The van der Waals surface area contributed by atoms with E-state index < -0.39 is 27.6 Å². The summed E-state index contributed by atoms with van der Waals surface area (Å²) in [6, 6.07) is 39.8. The van der Waals surface area contributed by atoms with E-state index in [2.05, 4.69) is 48.2 Å². The number of rotatable bonds is 4. The molecule has 0 spiro atoms. The normalized spacial score (nSPS) is 10.5. The summed E-state index contributed by atoms with van der Waals surface area (Å²) in [5.41, 5.74) is 0.788. The van der Waals surface area contributed by atoms with Gasteiger partial charge in [0.25, 0.3) is 0 Å². The average Bonchev–Trinajstić information content (AvgIpc) is 2.83. The first-order valence-electron chi connectivity index (χ1n) is 9.76. The molecule has 4 aromatic carbocycles. The third-order valence-electron chi connectivity index (χ3n) is 4.87. The topological polar surface area (TPSA) is 26.3 Å². The molecule has 0 bridgehead atoms. The van der Waals surface area contributed by atoms with Crippen molar-refractivity contribution >= 4 is 37.0 Å². The van der Waals surface area contributed by atoms with Crippen molar-refractivity contribution in [3.63, 3.8) is 0 Å². The molecule has 2 nitrogen and oxygen atoms in total. The van der Waals surface area contributed by atoms with Crippen molar-refractivity contribution in [2.45, 2.75) is 0 Å². The summed E-state index contributed by atoms with van der Waals surface area (Å²) in [4.78, 5) is 13.0. The maximum absolute atomic E-state index is 13.0. The molecular weight excluding hydrogens is 563 g/mol. The molecule has 4 rings (SSSR count). The van der Waals surface area contributed by atoms with Crippen molar-refractivity contribution in [3.05, 3.63) is 127 Å². The van der Waals surface area contributed by atoms with Crippen molar-refractivity contribution < 1.29 is 7.48 Å². The van der Waals surface area contributed by atoms with Gasteiger partial charge in [0, 0.05) is 0 Å². The van der Waals surface area contributed by atoms with Crippen LogP contribution in [0, 0.1) is 11.8 Å². The first-order valence-corrected chi connectivity index (χ1v) is 17.2. The zero-order chi connectivity index (χ0) is 20.7. The van der Waals surface area contributed by atoms with Crippen LogP contribution in [0.15, 0.2) is 121 Å². The Labute approximate surface area is 182 Å². The Morgan fingerprint density at radius 2 is 0.933 bits per heavy atom. The van der Waals surface area contributed by atoms with Crippen molar-refractivity contribution in [1.29, 1.82) is 0 Å². The second kappa shape index (κ2) is 9.55. The van der Waals surface area contributed by atoms with E-state index in [1.165, 1.54) is 0 Å². The van der Waals surface area contributed by atoms with Gasteiger partial charge in [-0.05, 0) is 0 Å². The minimum atomic E-state index is -4.26. The molecule has 144 valence electrons. The Morgan fingerprint density at radius 1 is 0.567 bits per heavy atom. The van der Waals surface area contributed by atoms with Gasteiger partial charge in [0.1, 0.15) is 0 Å². The van der Waals surface area contributed by atoms with Gasteiger partial charge in [-0.1, -0.05) is 0 Å². The van der Waals surface area contributed by atoms with Crippen molar-refractivity contribution in [3.8, 4) is 11.8 Å². The fraction of sp³-hybridized carbons (Fsp3) is 0. The quantitative estimate of drug-likeness (QED) is 0.273. The summed E-state index contributed by atoms with van der Waals surface area (Å²) in [5, 5.41) is 0. The van der Waals surface area contributed by atoms with Gasteiger partial charge in [-0.3, -0.25) is 0 Å². The minimum absolute atomic E-state index is 0.489. The molecule has 0 saturated heterocycles. The van der Waals surface area contributed by atoms with E-state index in [1.54, 1.807) is 0 Å². The molecule has 0 fully saturated rings. The van der Waals surface area contributed by atoms with Crippen LogP contribution in [0.3, 0.4) is 0 Å². The van der Waals surface area contributed by atoms with E-state index in [-0.39, 0.29) is 0 Å². The molecule has 0 aromatic heterocycles. The number of hydrogen-bond donors (Lipinski definition) is 0. The van der Waals surface area contributed by atoms with E-state index >= 15 is 0 Å². The third kappa shape index (κ3) is 4.37. The molecule has 0 N–H and O–H groups in total. The van der Waals surface area contributed by atoms with Gasteiger partial charge >= 0.3 is 183 Å². The van der Waals surface area contributed by atoms with E-state index in [9.17, 15) is 4.79 Å². The summed E-state index contributed by atoms with van der Waals surface area (Å²) < 4.78 is 9.67. The van der Waals surface area contributed by atoms with Crippen LogP contribution in [-0.4, -0.2) is 27.6 Å². The van der Waals surface area contributed by atoms with Gasteiger partial charge in [0.05, 0.1) is 0 Å². The molecular formula is C27H20O2Pb. The molecule has 0 saturated carbocycles. The first-order chi connectivity index (χ1) is 14.8. The van der Waals surface area contributed by atoms with Gasteiger partial charge < -0.3 is 0 Å². The Morgan fingerprint density at radius 3 is 1.33 bits per heavy atom. The molecule has 4 aromatic rings. The van der Waals surface area contributed by atoms with Crippen molar-refractivity contribution in [1.82, 2.24) is 0 Å². The van der Waals surface area contributed by atoms with Crippen LogP contribution < -0.4 is 9.37 Å². The Hall–Kier alpha value is -3.17. The molecule has 0 amide bonds. The van der Waals surface area contributed by atoms with Crippen LogP contribution in [-0.2, 0) is 7.48 Å². The van der Waals surface area contributed by atoms with Crippen LogP contribution in [0.5, 0.6) is 0 Å². The zero-order valence-corrected chi connectivity index (χ0v) is 20.3. The first kappa shape index (κ1) is 20.1. The van der Waals surface area contributed by atoms with Crippen LogP contribution in [0.1, 0.15) is 5.56 Å². The Balaban J connectivity index is 1.85. The summed E-state index contributed by atoms with van der Waals surface area (Å²) in [7, 11) is 0. The second-order valence-corrected chi connectivity index (χ2v) is 19.6. The fourth-order valence-electron chi connectivity index (χ4n) is 3.50. The van der Waals surface area contributed by atoms with Gasteiger partial charge in [0.2, 0.25) is 0 Å². The van der Waals surface area contributed by atoms with Crippen LogP contribution in [0.25, 0.3) is 0 Å².